The van der Waals surface area contributed by atoms with Gasteiger partial charge in [0.15, 0.2) is 11.6 Å². The average Bonchev–Trinajstić information content (AvgIpc) is 3.20. The lowest BCUT2D eigenvalue weighted by Crippen LogP contribution is -2.22. The second-order valence-electron chi connectivity index (χ2n) is 7.16. The molecule has 2 amide bonds. The molecular formula is C23H22N6O4. The van der Waals surface area contributed by atoms with Gasteiger partial charge in [-0.25, -0.2) is 9.78 Å². The van der Waals surface area contributed by atoms with E-state index in [1.807, 2.05) is 30.3 Å². The van der Waals surface area contributed by atoms with Crippen LogP contribution < -0.4 is 21.1 Å². The topological polar surface area (TPSA) is 144 Å². The highest BCUT2D eigenvalue weighted by molar-refractivity contribution is 6.06. The van der Waals surface area contributed by atoms with E-state index in [-0.39, 0.29) is 12.5 Å². The largest absolute Gasteiger partial charge is 0.491 e. The molecule has 0 atom stereocenters. The highest BCUT2D eigenvalue weighted by Crippen LogP contribution is 2.28. The lowest BCUT2D eigenvalue weighted by atomic mass is 10.1. The van der Waals surface area contributed by atoms with E-state index in [2.05, 4.69) is 20.6 Å². The van der Waals surface area contributed by atoms with E-state index in [4.69, 9.17) is 15.6 Å². The van der Waals surface area contributed by atoms with Crippen molar-refractivity contribution in [2.24, 2.45) is 5.73 Å². The molecule has 0 fully saturated rings. The van der Waals surface area contributed by atoms with Crippen LogP contribution in [0.4, 0.5) is 10.6 Å². The number of methoxy groups -OCH3 is 1. The number of fused-ring (bicyclic) bond motifs is 1. The Bertz CT molecular complexity index is 1320. The number of aromatic nitrogens is 3. The zero-order valence-corrected chi connectivity index (χ0v) is 17.8. The van der Waals surface area contributed by atoms with Crippen LogP contribution in [-0.4, -0.2) is 38.8 Å². The first-order chi connectivity index (χ1) is 16.0. The summed E-state index contributed by atoms with van der Waals surface area (Å²) in [5, 5.41) is 15.3. The number of carboxylic acid groups (broad SMARTS) is 1. The number of benzene rings is 2. The van der Waals surface area contributed by atoms with Crippen molar-refractivity contribution in [3.8, 4) is 11.7 Å². The number of nitrogens with one attached hydrogen (secondary N) is 2. The van der Waals surface area contributed by atoms with Crippen LogP contribution in [0.3, 0.4) is 0 Å². The fourth-order valence-electron chi connectivity index (χ4n) is 3.56. The Labute approximate surface area is 189 Å². The molecule has 0 aliphatic carbocycles. The van der Waals surface area contributed by atoms with E-state index < -0.39 is 12.0 Å². The molecule has 5 N–H and O–H groups in total. The summed E-state index contributed by atoms with van der Waals surface area (Å²) in [6.45, 7) is 0.490. The third-order valence-electron chi connectivity index (χ3n) is 5.07. The first-order valence-corrected chi connectivity index (χ1v) is 10.1. The predicted molar refractivity (Wildman–Crippen MR) is 123 cm³/mol. The molecular weight excluding hydrogens is 424 g/mol. The molecule has 0 saturated heterocycles. The lowest BCUT2D eigenvalue weighted by molar-refractivity contribution is 0.100. The van der Waals surface area contributed by atoms with Gasteiger partial charge >= 0.3 is 6.09 Å². The maximum Gasteiger partial charge on any atom is 0.404 e. The minimum absolute atomic E-state index is 0.0234. The number of amides is 2. The van der Waals surface area contributed by atoms with Crippen LogP contribution in [0.1, 0.15) is 21.6 Å². The van der Waals surface area contributed by atoms with Crippen LogP contribution in [0.25, 0.3) is 16.9 Å². The first kappa shape index (κ1) is 21.6. The number of anilines is 1. The summed E-state index contributed by atoms with van der Waals surface area (Å²) in [5.41, 5.74) is 8.08. The number of carbonyl (C=O) groups excluding carboxylic acids is 1. The molecule has 2 aromatic heterocycles. The second-order valence-corrected chi connectivity index (χ2v) is 7.16. The van der Waals surface area contributed by atoms with E-state index in [1.54, 1.807) is 28.8 Å². The van der Waals surface area contributed by atoms with Gasteiger partial charge in [-0.15, -0.1) is 0 Å². The number of primary amides is 1. The van der Waals surface area contributed by atoms with Gasteiger partial charge in [-0.05, 0) is 23.8 Å². The molecule has 0 saturated carbocycles. The van der Waals surface area contributed by atoms with Crippen molar-refractivity contribution < 1.29 is 19.4 Å². The van der Waals surface area contributed by atoms with Gasteiger partial charge in [-0.1, -0.05) is 36.4 Å². The Kier molecular flexibility index (Phi) is 6.07. The van der Waals surface area contributed by atoms with Gasteiger partial charge in [0, 0.05) is 23.2 Å². The first-order valence-electron chi connectivity index (χ1n) is 10.1. The smallest absolute Gasteiger partial charge is 0.404 e. The summed E-state index contributed by atoms with van der Waals surface area (Å²) in [6.07, 6.45) is 0.358. The molecule has 4 aromatic rings. The number of nitrogens with two attached hydrogens (primary N) is 1. The summed E-state index contributed by atoms with van der Waals surface area (Å²) in [7, 11) is 1.53. The minimum Gasteiger partial charge on any atom is -0.491 e. The normalized spacial score (nSPS) is 10.7. The zero-order valence-electron chi connectivity index (χ0n) is 17.8. The standard InChI is InChI=1S/C23H22N6O4/c1-33-19-13-26-22(28-21(19)25-11-14-6-3-2-4-7-14)29-15(12-27-23(31)32)10-17-16(20(24)30)8-5-9-18(17)29/h2-10,13,27H,11-12H2,1H3,(H2,24,30)(H,31,32)(H,25,26,28). The van der Waals surface area contributed by atoms with Crippen molar-refractivity contribution in [2.75, 3.05) is 12.4 Å². The SMILES string of the molecule is COc1cnc(-n2c(CNC(=O)O)cc3c(C(N)=O)cccc32)nc1NCc1ccccc1. The Morgan fingerprint density at radius 2 is 1.91 bits per heavy atom. The lowest BCUT2D eigenvalue weighted by Gasteiger charge is -2.14. The number of nitrogens with zero attached hydrogens (tertiary/aromatic N) is 3. The molecule has 4 rings (SSSR count). The molecule has 0 radical (unpaired) electrons. The Balaban J connectivity index is 1.81. The molecule has 33 heavy (non-hydrogen) atoms. The van der Waals surface area contributed by atoms with Crippen LogP contribution >= 0.6 is 0 Å². The van der Waals surface area contributed by atoms with E-state index in [0.29, 0.717) is 40.3 Å². The second kappa shape index (κ2) is 9.27. The predicted octanol–water partition coefficient (Wildman–Crippen LogP) is 2.91. The molecule has 2 heterocycles. The Hall–Kier alpha value is -4.60. The number of carbonyl (C=O) groups is 2. The molecule has 2 aromatic carbocycles. The molecule has 0 spiro atoms. The number of rotatable bonds is 8. The van der Waals surface area contributed by atoms with Gasteiger partial charge in [-0.2, -0.15) is 4.98 Å². The van der Waals surface area contributed by atoms with E-state index in [0.717, 1.165) is 5.56 Å². The van der Waals surface area contributed by atoms with E-state index in [1.165, 1.54) is 13.3 Å². The van der Waals surface area contributed by atoms with Crippen molar-refractivity contribution in [1.29, 1.82) is 0 Å². The van der Waals surface area contributed by atoms with E-state index >= 15 is 0 Å². The van der Waals surface area contributed by atoms with Crippen LogP contribution in [0.15, 0.2) is 60.8 Å². The van der Waals surface area contributed by atoms with Crippen LogP contribution in [-0.2, 0) is 13.1 Å². The van der Waals surface area contributed by atoms with Crippen LogP contribution in [0, 0.1) is 0 Å². The average molecular weight is 446 g/mol. The maximum atomic E-state index is 11.9. The highest BCUT2D eigenvalue weighted by atomic mass is 16.5. The summed E-state index contributed by atoms with van der Waals surface area (Å²) in [5.74, 6) is 0.618. The summed E-state index contributed by atoms with van der Waals surface area (Å²) in [6, 6.07) is 16.6. The fraction of sp³-hybridized carbons (Fsp3) is 0.130. The third kappa shape index (κ3) is 4.54. The van der Waals surface area contributed by atoms with Gasteiger partial charge in [-0.3, -0.25) is 9.36 Å². The Morgan fingerprint density at radius 3 is 2.61 bits per heavy atom. The summed E-state index contributed by atoms with van der Waals surface area (Å²) >= 11 is 0. The molecule has 10 heteroatoms. The monoisotopic (exact) mass is 446 g/mol. The number of hydrogen-bond acceptors (Lipinski definition) is 6. The van der Waals surface area contributed by atoms with Crippen LogP contribution in [0.5, 0.6) is 5.75 Å². The van der Waals surface area contributed by atoms with Gasteiger partial charge in [0.1, 0.15) is 0 Å². The van der Waals surface area contributed by atoms with Crippen molar-refractivity contribution >= 4 is 28.7 Å². The third-order valence-corrected chi connectivity index (χ3v) is 5.07. The van der Waals surface area contributed by atoms with Gasteiger partial charge in [0.25, 0.3) is 0 Å². The molecule has 0 aliphatic rings. The molecule has 0 bridgehead atoms. The van der Waals surface area contributed by atoms with E-state index in [9.17, 15) is 9.59 Å². The van der Waals surface area contributed by atoms with Crippen molar-refractivity contribution in [2.45, 2.75) is 13.1 Å². The highest BCUT2D eigenvalue weighted by Gasteiger charge is 2.19. The molecule has 0 aliphatic heterocycles. The van der Waals surface area contributed by atoms with Crippen molar-refractivity contribution in [3.05, 3.63) is 77.6 Å². The van der Waals surface area contributed by atoms with Crippen molar-refractivity contribution in [1.82, 2.24) is 19.9 Å². The van der Waals surface area contributed by atoms with Gasteiger partial charge in [0.2, 0.25) is 11.9 Å². The fourth-order valence-corrected chi connectivity index (χ4v) is 3.56. The van der Waals surface area contributed by atoms with Gasteiger partial charge in [0.05, 0.1) is 25.4 Å². The minimum atomic E-state index is -1.18. The maximum absolute atomic E-state index is 11.9. The Morgan fingerprint density at radius 1 is 1.12 bits per heavy atom. The number of hydrogen-bond donors (Lipinski definition) is 4. The molecule has 168 valence electrons. The molecule has 0 unspecified atom stereocenters. The summed E-state index contributed by atoms with van der Waals surface area (Å²) < 4.78 is 7.09. The van der Waals surface area contributed by atoms with Gasteiger partial charge < -0.3 is 26.2 Å². The van der Waals surface area contributed by atoms with Crippen molar-refractivity contribution in [3.63, 3.8) is 0 Å². The molecule has 10 nitrogen and oxygen atoms in total. The summed E-state index contributed by atoms with van der Waals surface area (Å²) in [4.78, 5) is 32.1. The number of ether oxygens (including phenoxy) is 1. The van der Waals surface area contributed by atoms with Crippen LogP contribution in [0.2, 0.25) is 0 Å². The quantitative estimate of drug-likeness (QED) is 0.326. The zero-order chi connectivity index (χ0) is 23.4.